The van der Waals surface area contributed by atoms with E-state index in [0.717, 1.165) is 45.8 Å². The van der Waals surface area contributed by atoms with Crippen molar-refractivity contribution in [1.82, 2.24) is 14.7 Å². The molecule has 5 nitrogen and oxygen atoms in total. The van der Waals surface area contributed by atoms with E-state index in [0.29, 0.717) is 16.6 Å². The maximum Gasteiger partial charge on any atom is 0.254 e. The molecule has 3 rings (SSSR count). The van der Waals surface area contributed by atoms with E-state index in [1.807, 2.05) is 17.0 Å². The third-order valence-corrected chi connectivity index (χ3v) is 5.06. The molecular formula is C18H26ClN3O2. The van der Waals surface area contributed by atoms with Crippen LogP contribution in [0.15, 0.2) is 24.3 Å². The highest BCUT2D eigenvalue weighted by atomic mass is 35.5. The van der Waals surface area contributed by atoms with Gasteiger partial charge in [-0.3, -0.25) is 9.69 Å². The molecule has 6 heteroatoms. The van der Waals surface area contributed by atoms with Crippen LogP contribution in [0.3, 0.4) is 0 Å². The Morgan fingerprint density at radius 1 is 1.33 bits per heavy atom. The van der Waals surface area contributed by atoms with Gasteiger partial charge in [-0.05, 0) is 38.7 Å². The van der Waals surface area contributed by atoms with Crippen LogP contribution in [-0.4, -0.2) is 86.2 Å². The lowest BCUT2D eigenvalue weighted by Crippen LogP contribution is -2.52. The van der Waals surface area contributed by atoms with Gasteiger partial charge in [-0.2, -0.15) is 0 Å². The summed E-state index contributed by atoms with van der Waals surface area (Å²) in [7, 11) is 4.11. The fourth-order valence-corrected chi connectivity index (χ4v) is 3.70. The Labute approximate surface area is 149 Å². The van der Waals surface area contributed by atoms with Crippen LogP contribution in [0.25, 0.3) is 0 Å². The molecule has 2 atom stereocenters. The van der Waals surface area contributed by atoms with Crippen LogP contribution in [0.1, 0.15) is 16.8 Å². The molecule has 1 aromatic carbocycles. The van der Waals surface area contributed by atoms with Crippen LogP contribution in [0.5, 0.6) is 0 Å². The zero-order chi connectivity index (χ0) is 17.1. The van der Waals surface area contributed by atoms with Gasteiger partial charge >= 0.3 is 0 Å². The Balaban J connectivity index is 1.54. The molecule has 0 aliphatic carbocycles. The van der Waals surface area contributed by atoms with E-state index >= 15 is 0 Å². The first-order valence-corrected chi connectivity index (χ1v) is 8.96. The lowest BCUT2D eigenvalue weighted by Gasteiger charge is -2.37. The van der Waals surface area contributed by atoms with Gasteiger partial charge in [0.1, 0.15) is 0 Å². The number of rotatable bonds is 5. The molecule has 1 aromatic rings. The van der Waals surface area contributed by atoms with Crippen LogP contribution in [0.2, 0.25) is 5.02 Å². The molecule has 0 radical (unpaired) electrons. The summed E-state index contributed by atoms with van der Waals surface area (Å²) < 4.78 is 6.00. The Bertz CT molecular complexity index is 581. The number of nitrogens with zero attached hydrogens (tertiary/aromatic N) is 3. The van der Waals surface area contributed by atoms with E-state index in [4.69, 9.17) is 16.3 Å². The van der Waals surface area contributed by atoms with Gasteiger partial charge in [0.05, 0.1) is 12.7 Å². The molecule has 0 unspecified atom stereocenters. The maximum atomic E-state index is 12.7. The van der Waals surface area contributed by atoms with Crippen molar-refractivity contribution in [2.75, 3.05) is 53.4 Å². The molecule has 1 amide bonds. The minimum Gasteiger partial charge on any atom is -0.375 e. The van der Waals surface area contributed by atoms with Crippen molar-refractivity contribution in [3.8, 4) is 0 Å². The standard InChI is InChI=1S/C18H26ClN3O2/c1-20(2)8-9-24-17-11-16-12-22(7-6-21(16)13-17)18(23)14-4-3-5-15(19)10-14/h3-5,10,16-17H,6-9,11-13H2,1-2H3/t16-,17+/m0/s1. The lowest BCUT2D eigenvalue weighted by molar-refractivity contribution is 0.0479. The van der Waals surface area contributed by atoms with Crippen molar-refractivity contribution in [3.05, 3.63) is 34.9 Å². The second kappa shape index (κ2) is 7.83. The Morgan fingerprint density at radius 2 is 2.17 bits per heavy atom. The average molecular weight is 352 g/mol. The second-order valence-corrected chi connectivity index (χ2v) is 7.38. The number of hydrogen-bond donors (Lipinski definition) is 0. The monoisotopic (exact) mass is 351 g/mol. The number of halogens is 1. The summed E-state index contributed by atoms with van der Waals surface area (Å²) >= 11 is 6.01. The minimum absolute atomic E-state index is 0.0779. The van der Waals surface area contributed by atoms with Gasteiger partial charge in [-0.1, -0.05) is 17.7 Å². The van der Waals surface area contributed by atoms with E-state index in [9.17, 15) is 4.79 Å². The first kappa shape index (κ1) is 17.7. The Hall–Kier alpha value is -1.14. The van der Waals surface area contributed by atoms with Gasteiger partial charge < -0.3 is 14.5 Å². The number of likely N-dealkylation sites (N-methyl/N-ethyl adjacent to an activating group) is 1. The number of carbonyl (C=O) groups excluding carboxylic acids is 1. The lowest BCUT2D eigenvalue weighted by atomic mass is 10.1. The largest absolute Gasteiger partial charge is 0.375 e. The smallest absolute Gasteiger partial charge is 0.254 e. The highest BCUT2D eigenvalue weighted by Gasteiger charge is 2.37. The third-order valence-electron chi connectivity index (χ3n) is 4.83. The van der Waals surface area contributed by atoms with Crippen molar-refractivity contribution in [2.24, 2.45) is 0 Å². The van der Waals surface area contributed by atoms with Gasteiger partial charge in [0, 0.05) is 49.4 Å². The molecule has 132 valence electrons. The normalized spacial score (nSPS) is 24.4. The van der Waals surface area contributed by atoms with Crippen molar-refractivity contribution in [2.45, 2.75) is 18.6 Å². The summed E-state index contributed by atoms with van der Waals surface area (Å²) in [4.78, 5) is 19.2. The van der Waals surface area contributed by atoms with Crippen molar-refractivity contribution in [1.29, 1.82) is 0 Å². The van der Waals surface area contributed by atoms with E-state index < -0.39 is 0 Å². The zero-order valence-corrected chi connectivity index (χ0v) is 15.2. The number of carbonyl (C=O) groups is 1. The van der Waals surface area contributed by atoms with E-state index in [1.54, 1.807) is 12.1 Å². The van der Waals surface area contributed by atoms with Crippen molar-refractivity contribution < 1.29 is 9.53 Å². The molecule has 2 heterocycles. The summed E-state index contributed by atoms with van der Waals surface area (Å²) in [5, 5.41) is 0.606. The highest BCUT2D eigenvalue weighted by molar-refractivity contribution is 6.30. The fourth-order valence-electron chi connectivity index (χ4n) is 3.51. The van der Waals surface area contributed by atoms with Gasteiger partial charge in [-0.15, -0.1) is 0 Å². The number of hydrogen-bond acceptors (Lipinski definition) is 4. The van der Waals surface area contributed by atoms with Crippen LogP contribution in [0.4, 0.5) is 0 Å². The zero-order valence-electron chi connectivity index (χ0n) is 14.4. The molecule has 0 aromatic heterocycles. The number of amides is 1. The molecule has 0 bridgehead atoms. The molecule has 24 heavy (non-hydrogen) atoms. The van der Waals surface area contributed by atoms with Gasteiger partial charge in [0.2, 0.25) is 0 Å². The topological polar surface area (TPSA) is 36.0 Å². The van der Waals surface area contributed by atoms with E-state index in [1.165, 1.54) is 0 Å². The summed E-state index contributed by atoms with van der Waals surface area (Å²) in [5.74, 6) is 0.0779. The molecule has 0 saturated carbocycles. The molecule has 2 saturated heterocycles. The first-order chi connectivity index (χ1) is 11.5. The van der Waals surface area contributed by atoms with Gasteiger partial charge in [0.25, 0.3) is 5.91 Å². The van der Waals surface area contributed by atoms with Crippen LogP contribution in [0, 0.1) is 0 Å². The first-order valence-electron chi connectivity index (χ1n) is 8.58. The Morgan fingerprint density at radius 3 is 2.92 bits per heavy atom. The molecule has 2 aliphatic heterocycles. The Kier molecular flexibility index (Phi) is 5.76. The summed E-state index contributed by atoms with van der Waals surface area (Å²) in [6.45, 7) is 5.16. The van der Waals surface area contributed by atoms with E-state index in [-0.39, 0.29) is 12.0 Å². The predicted molar refractivity (Wildman–Crippen MR) is 95.6 cm³/mol. The SMILES string of the molecule is CN(C)CCO[C@@H]1C[C@H]2CN(C(=O)c3cccc(Cl)c3)CCN2C1. The summed E-state index contributed by atoms with van der Waals surface area (Å²) in [6.07, 6.45) is 1.29. The minimum atomic E-state index is 0.0779. The number of ether oxygens (including phenoxy) is 1. The molecule has 0 N–H and O–H groups in total. The number of fused-ring (bicyclic) bond motifs is 1. The molecular weight excluding hydrogens is 326 g/mol. The quantitative estimate of drug-likeness (QED) is 0.810. The fraction of sp³-hybridized carbons (Fsp3) is 0.611. The van der Waals surface area contributed by atoms with E-state index in [2.05, 4.69) is 23.9 Å². The third kappa shape index (κ3) is 4.28. The van der Waals surface area contributed by atoms with Gasteiger partial charge in [0.15, 0.2) is 0 Å². The molecule has 2 aliphatic rings. The van der Waals surface area contributed by atoms with Crippen LogP contribution >= 0.6 is 11.6 Å². The second-order valence-electron chi connectivity index (χ2n) is 6.94. The molecule has 0 spiro atoms. The van der Waals surface area contributed by atoms with Crippen molar-refractivity contribution in [3.63, 3.8) is 0 Å². The van der Waals surface area contributed by atoms with Gasteiger partial charge in [-0.25, -0.2) is 0 Å². The number of benzene rings is 1. The van der Waals surface area contributed by atoms with Crippen LogP contribution in [-0.2, 0) is 4.74 Å². The summed E-state index contributed by atoms with van der Waals surface area (Å²) in [5.41, 5.74) is 0.674. The maximum absolute atomic E-state index is 12.7. The van der Waals surface area contributed by atoms with Crippen molar-refractivity contribution >= 4 is 17.5 Å². The highest BCUT2D eigenvalue weighted by Crippen LogP contribution is 2.25. The molecule has 2 fully saturated rings. The number of piperazine rings is 1. The summed E-state index contributed by atoms with van der Waals surface area (Å²) in [6, 6.07) is 7.62. The average Bonchev–Trinajstić information content (AvgIpc) is 2.95. The van der Waals surface area contributed by atoms with Crippen LogP contribution < -0.4 is 0 Å². The predicted octanol–water partition coefficient (Wildman–Crippen LogP) is 1.82.